The van der Waals surface area contributed by atoms with Gasteiger partial charge in [-0.2, -0.15) is 0 Å². The van der Waals surface area contributed by atoms with E-state index >= 15 is 0 Å². The molecular weight excluding hydrogens is 380 g/mol. The maximum atomic E-state index is 12.4. The maximum Gasteiger partial charge on any atom is 0.269 e. The Morgan fingerprint density at radius 3 is 2.78 bits per heavy atom. The summed E-state index contributed by atoms with van der Waals surface area (Å²) < 4.78 is 0. The maximum absolute atomic E-state index is 12.4. The van der Waals surface area contributed by atoms with Crippen LogP contribution in [0.15, 0.2) is 41.7 Å². The summed E-state index contributed by atoms with van der Waals surface area (Å²) in [5.74, 6) is -0.621. The Kier molecular flexibility index (Phi) is 5.09. The molecule has 8 heteroatoms. The van der Waals surface area contributed by atoms with Gasteiger partial charge in [-0.05, 0) is 43.9 Å². The topological polar surface area (TPSA) is 84.0 Å². The fourth-order valence-corrected chi connectivity index (χ4v) is 5.33. The van der Waals surface area contributed by atoms with E-state index < -0.39 is 5.25 Å². The van der Waals surface area contributed by atoms with Gasteiger partial charge in [-0.15, -0.1) is 11.3 Å². The summed E-state index contributed by atoms with van der Waals surface area (Å²) in [5.41, 5.74) is 6.78. The molecule has 6 nitrogen and oxygen atoms in total. The zero-order valence-corrected chi connectivity index (χ0v) is 16.3. The number of nitrogens with one attached hydrogen (secondary N) is 2. The lowest BCUT2D eigenvalue weighted by Gasteiger charge is -2.13. The number of nitrogens with zero attached hydrogens (tertiary/aromatic N) is 2. The second-order valence-electron chi connectivity index (χ2n) is 6.29. The van der Waals surface area contributed by atoms with Gasteiger partial charge in [0.05, 0.1) is 5.25 Å². The van der Waals surface area contributed by atoms with Crippen LogP contribution in [-0.2, 0) is 17.6 Å². The van der Waals surface area contributed by atoms with Crippen LogP contribution in [0.5, 0.6) is 0 Å². The van der Waals surface area contributed by atoms with E-state index in [9.17, 15) is 9.59 Å². The number of aromatic nitrogens is 2. The predicted molar refractivity (Wildman–Crippen MR) is 107 cm³/mol. The lowest BCUT2D eigenvalue weighted by Crippen LogP contribution is -2.44. The van der Waals surface area contributed by atoms with Gasteiger partial charge in [0.25, 0.3) is 11.8 Å². The second-order valence-corrected chi connectivity index (χ2v) is 8.70. The number of fused-ring (bicyclic) bond motifs is 3. The molecule has 0 spiro atoms. The first-order valence-electron chi connectivity index (χ1n) is 8.70. The summed E-state index contributed by atoms with van der Waals surface area (Å²) in [6.07, 6.45) is 4.86. The van der Waals surface area contributed by atoms with Crippen LogP contribution in [0.3, 0.4) is 0 Å². The van der Waals surface area contributed by atoms with Gasteiger partial charge in [-0.25, -0.2) is 9.97 Å². The minimum absolute atomic E-state index is 0.275. The van der Waals surface area contributed by atoms with Crippen molar-refractivity contribution in [3.63, 3.8) is 0 Å². The fraction of sp³-hybridized carbons (Fsp3) is 0.263. The monoisotopic (exact) mass is 398 g/mol. The molecule has 0 aliphatic heterocycles. The average Bonchev–Trinajstić information content (AvgIpc) is 3.27. The molecule has 2 amide bonds. The van der Waals surface area contributed by atoms with Crippen LogP contribution in [0.1, 0.15) is 34.1 Å². The molecule has 0 unspecified atom stereocenters. The SMILES string of the molecule is C[C@H](Sc1ncnc2sc3c(c12)CCC3)C(=O)NNC(=O)c1ccccc1. The lowest BCUT2D eigenvalue weighted by molar-refractivity contribution is -0.121. The van der Waals surface area contributed by atoms with Gasteiger partial charge in [0.2, 0.25) is 0 Å². The summed E-state index contributed by atoms with van der Waals surface area (Å²) in [6, 6.07) is 8.75. The van der Waals surface area contributed by atoms with E-state index in [1.54, 1.807) is 48.9 Å². The highest BCUT2D eigenvalue weighted by Crippen LogP contribution is 2.40. The van der Waals surface area contributed by atoms with Crippen LogP contribution >= 0.6 is 23.1 Å². The van der Waals surface area contributed by atoms with E-state index in [0.717, 1.165) is 34.5 Å². The number of benzene rings is 1. The molecule has 2 heterocycles. The molecule has 3 aromatic rings. The Bertz CT molecular complexity index is 1000. The standard InChI is InChI=1S/C19H18N4O2S2/c1-11(16(24)22-23-17(25)12-6-3-2-4-7-12)26-18-15-13-8-5-9-14(13)27-19(15)21-10-20-18/h2-4,6-7,10-11H,5,8-9H2,1H3,(H,22,24)(H,23,25)/t11-/m0/s1. The number of thiophene rings is 1. The molecule has 0 radical (unpaired) electrons. The molecule has 2 N–H and O–H groups in total. The number of hydrazine groups is 1. The molecule has 1 atom stereocenters. The van der Waals surface area contributed by atoms with Crippen LogP contribution in [0.25, 0.3) is 10.2 Å². The summed E-state index contributed by atoms with van der Waals surface area (Å²) in [5, 5.41) is 1.51. The quantitative estimate of drug-likeness (QED) is 0.401. The first-order chi connectivity index (χ1) is 13.1. The largest absolute Gasteiger partial charge is 0.272 e. The van der Waals surface area contributed by atoms with Gasteiger partial charge in [0.15, 0.2) is 0 Å². The third kappa shape index (κ3) is 3.68. The minimum Gasteiger partial charge on any atom is -0.272 e. The summed E-state index contributed by atoms with van der Waals surface area (Å²) in [4.78, 5) is 35.6. The van der Waals surface area contributed by atoms with Crippen molar-refractivity contribution in [2.24, 2.45) is 0 Å². The highest BCUT2D eigenvalue weighted by atomic mass is 32.2. The van der Waals surface area contributed by atoms with Gasteiger partial charge in [-0.1, -0.05) is 30.0 Å². The Morgan fingerprint density at radius 2 is 1.96 bits per heavy atom. The molecule has 1 aliphatic carbocycles. The number of rotatable bonds is 4. The van der Waals surface area contributed by atoms with Gasteiger partial charge in [0, 0.05) is 15.8 Å². The molecule has 0 saturated heterocycles. The van der Waals surface area contributed by atoms with E-state index in [1.165, 1.54) is 22.2 Å². The van der Waals surface area contributed by atoms with Crippen LogP contribution in [0, 0.1) is 0 Å². The number of amides is 2. The number of carbonyl (C=O) groups excluding carboxylic acids is 2. The summed E-state index contributed by atoms with van der Waals surface area (Å²) >= 11 is 3.12. The fourth-order valence-electron chi connectivity index (χ4n) is 3.09. The van der Waals surface area contributed by atoms with Crippen molar-refractivity contribution in [1.82, 2.24) is 20.8 Å². The van der Waals surface area contributed by atoms with Crippen molar-refractivity contribution >= 4 is 45.1 Å². The van der Waals surface area contributed by atoms with Crippen LogP contribution in [0.2, 0.25) is 0 Å². The number of carbonyl (C=O) groups is 2. The van der Waals surface area contributed by atoms with Crippen molar-refractivity contribution in [3.05, 3.63) is 52.7 Å². The molecule has 138 valence electrons. The lowest BCUT2D eigenvalue weighted by atomic mass is 10.2. The average molecular weight is 399 g/mol. The first-order valence-corrected chi connectivity index (χ1v) is 10.4. The number of hydrogen-bond acceptors (Lipinski definition) is 6. The summed E-state index contributed by atoms with van der Waals surface area (Å²) in [6.45, 7) is 1.80. The molecule has 0 bridgehead atoms. The predicted octanol–water partition coefficient (Wildman–Crippen LogP) is 3.12. The zero-order chi connectivity index (χ0) is 18.8. The van der Waals surface area contributed by atoms with E-state index in [-0.39, 0.29) is 11.8 Å². The Morgan fingerprint density at radius 1 is 1.15 bits per heavy atom. The Balaban J connectivity index is 1.43. The molecule has 1 aliphatic rings. The smallest absolute Gasteiger partial charge is 0.269 e. The van der Waals surface area contributed by atoms with Crippen LogP contribution < -0.4 is 10.9 Å². The molecule has 27 heavy (non-hydrogen) atoms. The second kappa shape index (κ2) is 7.66. The Hall–Kier alpha value is -2.45. The molecule has 2 aromatic heterocycles. The minimum atomic E-state index is -0.406. The third-order valence-electron chi connectivity index (χ3n) is 4.46. The number of hydrogen-bond donors (Lipinski definition) is 2. The van der Waals surface area contributed by atoms with E-state index in [4.69, 9.17) is 0 Å². The van der Waals surface area contributed by atoms with Crippen LogP contribution in [0.4, 0.5) is 0 Å². The van der Waals surface area contributed by atoms with E-state index in [2.05, 4.69) is 20.8 Å². The van der Waals surface area contributed by atoms with Gasteiger partial charge in [0.1, 0.15) is 16.2 Å². The van der Waals surface area contributed by atoms with Crippen molar-refractivity contribution in [2.45, 2.75) is 36.5 Å². The van der Waals surface area contributed by atoms with Crippen molar-refractivity contribution in [2.75, 3.05) is 0 Å². The Labute approximate surface area is 164 Å². The normalized spacial score (nSPS) is 14.0. The molecule has 4 rings (SSSR count). The first kappa shape index (κ1) is 17.9. The molecular formula is C19H18N4O2S2. The van der Waals surface area contributed by atoms with Gasteiger partial charge in [-0.3, -0.25) is 20.4 Å². The molecule has 0 saturated carbocycles. The molecule has 1 aromatic carbocycles. The summed E-state index contributed by atoms with van der Waals surface area (Å²) in [7, 11) is 0. The van der Waals surface area contributed by atoms with Crippen molar-refractivity contribution in [3.8, 4) is 0 Å². The van der Waals surface area contributed by atoms with Crippen molar-refractivity contribution in [1.29, 1.82) is 0 Å². The van der Waals surface area contributed by atoms with E-state index in [1.807, 2.05) is 6.07 Å². The number of thioether (sulfide) groups is 1. The molecule has 0 fully saturated rings. The number of aryl methyl sites for hydroxylation is 2. The zero-order valence-electron chi connectivity index (χ0n) is 14.7. The van der Waals surface area contributed by atoms with Crippen molar-refractivity contribution < 1.29 is 9.59 Å². The van der Waals surface area contributed by atoms with E-state index in [0.29, 0.717) is 5.56 Å². The van der Waals surface area contributed by atoms with Gasteiger partial charge >= 0.3 is 0 Å². The third-order valence-corrected chi connectivity index (χ3v) is 6.76. The van der Waals surface area contributed by atoms with Crippen LogP contribution in [-0.4, -0.2) is 27.0 Å². The van der Waals surface area contributed by atoms with Gasteiger partial charge < -0.3 is 0 Å². The highest BCUT2D eigenvalue weighted by Gasteiger charge is 2.24. The highest BCUT2D eigenvalue weighted by molar-refractivity contribution is 8.00.